The minimum atomic E-state index is -0.520. The third-order valence-electron chi connectivity index (χ3n) is 4.13. The van der Waals surface area contributed by atoms with E-state index in [9.17, 15) is 14.0 Å². The quantitative estimate of drug-likeness (QED) is 0.779. The van der Waals surface area contributed by atoms with Crippen LogP contribution in [-0.2, 0) is 4.79 Å². The summed E-state index contributed by atoms with van der Waals surface area (Å²) in [6.07, 6.45) is 4.58. The van der Waals surface area contributed by atoms with Gasteiger partial charge in [-0.15, -0.1) is 0 Å². The zero-order valence-corrected chi connectivity index (χ0v) is 12.5. The van der Waals surface area contributed by atoms with E-state index in [-0.39, 0.29) is 23.8 Å². The van der Waals surface area contributed by atoms with Crippen LogP contribution < -0.4 is 0 Å². The fraction of sp³-hybridized carbons (Fsp3) is 0.529. The molecule has 0 N–H and O–H groups in total. The summed E-state index contributed by atoms with van der Waals surface area (Å²) in [6.45, 7) is 2.73. The summed E-state index contributed by atoms with van der Waals surface area (Å²) in [5.41, 5.74) is 0.0691. The van der Waals surface area contributed by atoms with Gasteiger partial charge in [0.05, 0.1) is 12.1 Å². The molecule has 114 valence electrons. The van der Waals surface area contributed by atoms with Crippen molar-refractivity contribution < 1.29 is 14.0 Å². The first-order valence-electron chi connectivity index (χ1n) is 7.67. The fourth-order valence-corrected chi connectivity index (χ4v) is 2.90. The minimum absolute atomic E-state index is 0.0123. The summed E-state index contributed by atoms with van der Waals surface area (Å²) in [6, 6.07) is 5.94. The van der Waals surface area contributed by atoms with Crippen LogP contribution in [-0.4, -0.2) is 29.7 Å². The molecule has 0 aromatic heterocycles. The largest absolute Gasteiger partial charge is 0.335 e. The molecule has 1 saturated heterocycles. The molecular formula is C17H22FNO2. The van der Waals surface area contributed by atoms with E-state index in [1.54, 1.807) is 17.0 Å². The standard InChI is InChI=1S/C17H22FNO2/c1-2-5-13-8-9-17(21)19(11-10-13)12-16(20)14-6-3-4-7-15(14)18/h3-4,6-7,13H,2,5,8-12H2,1H3. The Bertz CT molecular complexity index is 515. The van der Waals surface area contributed by atoms with Crippen molar-refractivity contribution in [1.29, 1.82) is 0 Å². The number of nitrogens with zero attached hydrogens (tertiary/aromatic N) is 1. The predicted molar refractivity (Wildman–Crippen MR) is 79.6 cm³/mol. The van der Waals surface area contributed by atoms with E-state index < -0.39 is 5.82 Å². The number of Topliss-reactive ketones (excluding diaryl/α,β-unsaturated/α-hetero) is 1. The van der Waals surface area contributed by atoms with Crippen LogP contribution in [0.3, 0.4) is 0 Å². The lowest BCUT2D eigenvalue weighted by Gasteiger charge is -2.20. The van der Waals surface area contributed by atoms with Crippen molar-refractivity contribution in [3.8, 4) is 0 Å². The molecule has 1 unspecified atom stereocenters. The molecule has 1 atom stereocenters. The molecule has 0 spiro atoms. The molecule has 4 heteroatoms. The van der Waals surface area contributed by atoms with Crippen molar-refractivity contribution in [2.24, 2.45) is 5.92 Å². The van der Waals surface area contributed by atoms with Crippen LogP contribution in [0.25, 0.3) is 0 Å². The molecule has 1 aromatic rings. The van der Waals surface area contributed by atoms with Crippen molar-refractivity contribution in [3.63, 3.8) is 0 Å². The summed E-state index contributed by atoms with van der Waals surface area (Å²) in [5, 5.41) is 0. The second kappa shape index (κ2) is 7.34. The molecule has 1 aliphatic rings. The monoisotopic (exact) mass is 291 g/mol. The maximum atomic E-state index is 13.6. The van der Waals surface area contributed by atoms with Crippen LogP contribution in [0, 0.1) is 11.7 Å². The topological polar surface area (TPSA) is 37.4 Å². The van der Waals surface area contributed by atoms with Gasteiger partial charge < -0.3 is 4.90 Å². The highest BCUT2D eigenvalue weighted by atomic mass is 19.1. The number of likely N-dealkylation sites (tertiary alicyclic amines) is 1. The lowest BCUT2D eigenvalue weighted by molar-refractivity contribution is -0.130. The Kier molecular flexibility index (Phi) is 5.48. The number of hydrogen-bond acceptors (Lipinski definition) is 2. The third kappa shape index (κ3) is 4.13. The van der Waals surface area contributed by atoms with Gasteiger partial charge >= 0.3 is 0 Å². The van der Waals surface area contributed by atoms with E-state index in [2.05, 4.69) is 6.92 Å². The lowest BCUT2D eigenvalue weighted by Crippen LogP contribution is -2.35. The van der Waals surface area contributed by atoms with Crippen LogP contribution in [0.15, 0.2) is 24.3 Å². The Hall–Kier alpha value is -1.71. The van der Waals surface area contributed by atoms with Crippen molar-refractivity contribution in [2.75, 3.05) is 13.1 Å². The summed E-state index contributed by atoms with van der Waals surface area (Å²) in [5.74, 6) is -0.269. The zero-order chi connectivity index (χ0) is 15.2. The van der Waals surface area contributed by atoms with Gasteiger partial charge in [-0.1, -0.05) is 31.9 Å². The molecule has 1 heterocycles. The van der Waals surface area contributed by atoms with Gasteiger partial charge in [0.25, 0.3) is 0 Å². The molecule has 1 aromatic carbocycles. The first-order chi connectivity index (χ1) is 10.1. The first kappa shape index (κ1) is 15.7. The van der Waals surface area contributed by atoms with Crippen LogP contribution in [0.4, 0.5) is 4.39 Å². The van der Waals surface area contributed by atoms with Gasteiger partial charge in [0, 0.05) is 13.0 Å². The van der Waals surface area contributed by atoms with Gasteiger partial charge in [-0.05, 0) is 30.9 Å². The van der Waals surface area contributed by atoms with E-state index in [0.29, 0.717) is 18.9 Å². The van der Waals surface area contributed by atoms with E-state index in [1.165, 1.54) is 12.1 Å². The number of rotatable bonds is 5. The van der Waals surface area contributed by atoms with Gasteiger partial charge in [0.1, 0.15) is 5.82 Å². The Labute approximate surface area is 125 Å². The van der Waals surface area contributed by atoms with E-state index in [1.807, 2.05) is 0 Å². The molecule has 1 aliphatic heterocycles. The Morgan fingerprint density at radius 3 is 2.81 bits per heavy atom. The number of ketones is 1. The molecule has 0 bridgehead atoms. The molecule has 1 fully saturated rings. The van der Waals surface area contributed by atoms with Gasteiger partial charge in [0.2, 0.25) is 5.91 Å². The summed E-state index contributed by atoms with van der Waals surface area (Å²) in [7, 11) is 0. The fourth-order valence-electron chi connectivity index (χ4n) is 2.90. The van der Waals surface area contributed by atoms with Gasteiger partial charge in [-0.3, -0.25) is 9.59 Å². The SMILES string of the molecule is CCCC1CCC(=O)N(CC(=O)c2ccccc2F)CC1. The molecule has 0 aliphatic carbocycles. The molecule has 0 saturated carbocycles. The maximum absolute atomic E-state index is 13.6. The summed E-state index contributed by atoms with van der Waals surface area (Å²) in [4.78, 5) is 25.8. The third-order valence-corrected chi connectivity index (χ3v) is 4.13. The number of carbonyl (C=O) groups is 2. The van der Waals surface area contributed by atoms with Crippen molar-refractivity contribution in [2.45, 2.75) is 39.0 Å². The zero-order valence-electron chi connectivity index (χ0n) is 12.5. The molecule has 0 radical (unpaired) electrons. The summed E-state index contributed by atoms with van der Waals surface area (Å²) < 4.78 is 13.6. The first-order valence-corrected chi connectivity index (χ1v) is 7.67. The van der Waals surface area contributed by atoms with Crippen molar-refractivity contribution in [3.05, 3.63) is 35.6 Å². The Morgan fingerprint density at radius 1 is 1.33 bits per heavy atom. The Balaban J connectivity index is 2.00. The number of halogens is 1. The van der Waals surface area contributed by atoms with Crippen molar-refractivity contribution >= 4 is 11.7 Å². The number of amides is 1. The minimum Gasteiger partial charge on any atom is -0.335 e. The van der Waals surface area contributed by atoms with Crippen LogP contribution in [0.2, 0.25) is 0 Å². The molecule has 1 amide bonds. The van der Waals surface area contributed by atoms with Crippen LogP contribution in [0.1, 0.15) is 49.4 Å². The van der Waals surface area contributed by atoms with E-state index in [4.69, 9.17) is 0 Å². The predicted octanol–water partition coefficient (Wildman–Crippen LogP) is 3.44. The van der Waals surface area contributed by atoms with E-state index in [0.717, 1.165) is 25.7 Å². The highest BCUT2D eigenvalue weighted by Crippen LogP contribution is 2.23. The van der Waals surface area contributed by atoms with Gasteiger partial charge in [0.15, 0.2) is 5.78 Å². The molecule has 21 heavy (non-hydrogen) atoms. The van der Waals surface area contributed by atoms with Crippen LogP contribution in [0.5, 0.6) is 0 Å². The number of benzene rings is 1. The normalized spacial score (nSPS) is 19.4. The average molecular weight is 291 g/mol. The highest BCUT2D eigenvalue weighted by Gasteiger charge is 2.24. The van der Waals surface area contributed by atoms with Gasteiger partial charge in [-0.2, -0.15) is 0 Å². The van der Waals surface area contributed by atoms with Gasteiger partial charge in [-0.25, -0.2) is 4.39 Å². The summed E-state index contributed by atoms with van der Waals surface area (Å²) >= 11 is 0. The van der Waals surface area contributed by atoms with E-state index >= 15 is 0 Å². The smallest absolute Gasteiger partial charge is 0.222 e. The Morgan fingerprint density at radius 2 is 2.10 bits per heavy atom. The average Bonchev–Trinajstić information content (AvgIpc) is 2.64. The molecule has 2 rings (SSSR count). The lowest BCUT2D eigenvalue weighted by atomic mass is 9.96. The van der Waals surface area contributed by atoms with Crippen LogP contribution >= 0.6 is 0 Å². The molecular weight excluding hydrogens is 269 g/mol. The number of carbonyl (C=O) groups excluding carboxylic acids is 2. The maximum Gasteiger partial charge on any atom is 0.222 e. The molecule has 3 nitrogen and oxygen atoms in total. The second-order valence-electron chi connectivity index (χ2n) is 5.70. The second-order valence-corrected chi connectivity index (χ2v) is 5.70. The number of hydrogen-bond donors (Lipinski definition) is 0. The highest BCUT2D eigenvalue weighted by molar-refractivity contribution is 5.99. The van der Waals surface area contributed by atoms with Crippen molar-refractivity contribution in [1.82, 2.24) is 4.90 Å².